The van der Waals surface area contributed by atoms with Crippen LogP contribution in [-0.2, 0) is 0 Å². The summed E-state index contributed by atoms with van der Waals surface area (Å²) in [6.07, 6.45) is 2.39. The zero-order valence-corrected chi connectivity index (χ0v) is 11.0. The molecule has 0 spiro atoms. The fourth-order valence-electron chi connectivity index (χ4n) is 2.15. The Kier molecular flexibility index (Phi) is 3.57. The predicted octanol–water partition coefficient (Wildman–Crippen LogP) is 2.64. The third-order valence-corrected chi connectivity index (χ3v) is 3.28. The molecule has 1 fully saturated rings. The zero-order valence-electron chi connectivity index (χ0n) is 10.2. The van der Waals surface area contributed by atoms with Gasteiger partial charge in [-0.15, -0.1) is 0 Å². The van der Waals surface area contributed by atoms with E-state index >= 15 is 0 Å². The lowest BCUT2D eigenvalue weighted by atomic mass is 10.1. The molecule has 3 nitrogen and oxygen atoms in total. The fraction of sp³-hybridized carbons (Fsp3) is 0.462. The van der Waals surface area contributed by atoms with E-state index in [0.29, 0.717) is 10.6 Å². The summed E-state index contributed by atoms with van der Waals surface area (Å²) in [7, 11) is 3.52. The molecular weight excluding hydrogens is 236 g/mol. The van der Waals surface area contributed by atoms with E-state index in [1.165, 1.54) is 12.8 Å². The molecule has 1 aliphatic rings. The van der Waals surface area contributed by atoms with Crippen molar-refractivity contribution in [3.8, 4) is 0 Å². The number of carbonyl (C=O) groups is 1. The Labute approximate surface area is 107 Å². The third kappa shape index (κ3) is 2.55. The molecule has 0 radical (unpaired) electrons. The fourth-order valence-corrected chi connectivity index (χ4v) is 2.33. The lowest BCUT2D eigenvalue weighted by Crippen LogP contribution is -2.26. The maximum absolute atomic E-state index is 12.1. The van der Waals surface area contributed by atoms with Crippen LogP contribution in [0.25, 0.3) is 0 Å². The number of halogens is 1. The first-order chi connectivity index (χ1) is 8.09. The Morgan fingerprint density at radius 3 is 2.53 bits per heavy atom. The van der Waals surface area contributed by atoms with Crippen LogP contribution in [0.5, 0.6) is 0 Å². The van der Waals surface area contributed by atoms with Gasteiger partial charge in [-0.1, -0.05) is 11.6 Å². The topological polar surface area (TPSA) is 23.6 Å². The Morgan fingerprint density at radius 1 is 1.29 bits per heavy atom. The first kappa shape index (κ1) is 12.2. The van der Waals surface area contributed by atoms with Crippen molar-refractivity contribution in [1.29, 1.82) is 0 Å². The molecule has 92 valence electrons. The Hall–Kier alpha value is -1.22. The van der Waals surface area contributed by atoms with Gasteiger partial charge in [-0.3, -0.25) is 4.79 Å². The standard InChI is InChI=1S/C13H17ClN2O/c1-15(2)13(17)11-9-10(14)5-6-12(11)16-7-3-4-8-16/h5-6,9H,3-4,7-8H2,1-2H3. The van der Waals surface area contributed by atoms with E-state index in [1.807, 2.05) is 12.1 Å². The summed E-state index contributed by atoms with van der Waals surface area (Å²) in [5, 5.41) is 0.609. The normalized spacial score (nSPS) is 15.1. The lowest BCUT2D eigenvalue weighted by molar-refractivity contribution is 0.0828. The number of anilines is 1. The van der Waals surface area contributed by atoms with Gasteiger partial charge in [-0.05, 0) is 31.0 Å². The molecule has 17 heavy (non-hydrogen) atoms. The van der Waals surface area contributed by atoms with Gasteiger partial charge >= 0.3 is 0 Å². The molecule has 1 amide bonds. The van der Waals surface area contributed by atoms with Crippen molar-refractivity contribution in [3.63, 3.8) is 0 Å². The molecule has 0 atom stereocenters. The second kappa shape index (κ2) is 4.96. The van der Waals surface area contributed by atoms with Crippen LogP contribution in [0.15, 0.2) is 18.2 Å². The average Bonchev–Trinajstić information content (AvgIpc) is 2.81. The summed E-state index contributed by atoms with van der Waals surface area (Å²) >= 11 is 5.98. The number of amides is 1. The van der Waals surface area contributed by atoms with Crippen molar-refractivity contribution in [3.05, 3.63) is 28.8 Å². The van der Waals surface area contributed by atoms with Crippen LogP contribution in [0.4, 0.5) is 5.69 Å². The van der Waals surface area contributed by atoms with Crippen molar-refractivity contribution < 1.29 is 4.79 Å². The molecule has 0 unspecified atom stereocenters. The highest BCUT2D eigenvalue weighted by atomic mass is 35.5. The van der Waals surface area contributed by atoms with Crippen LogP contribution in [0, 0.1) is 0 Å². The van der Waals surface area contributed by atoms with E-state index in [1.54, 1.807) is 25.1 Å². The molecule has 0 N–H and O–H groups in total. The molecule has 4 heteroatoms. The number of benzene rings is 1. The third-order valence-electron chi connectivity index (χ3n) is 3.04. The molecule has 1 heterocycles. The van der Waals surface area contributed by atoms with E-state index in [0.717, 1.165) is 18.8 Å². The maximum Gasteiger partial charge on any atom is 0.255 e. The molecule has 2 rings (SSSR count). The van der Waals surface area contributed by atoms with Gasteiger partial charge in [0.1, 0.15) is 0 Å². The van der Waals surface area contributed by atoms with Gasteiger partial charge in [-0.25, -0.2) is 0 Å². The summed E-state index contributed by atoms with van der Waals surface area (Å²) in [5.41, 5.74) is 1.70. The average molecular weight is 253 g/mol. The Morgan fingerprint density at radius 2 is 1.94 bits per heavy atom. The van der Waals surface area contributed by atoms with E-state index < -0.39 is 0 Å². The predicted molar refractivity (Wildman–Crippen MR) is 70.9 cm³/mol. The molecule has 1 aromatic carbocycles. The minimum Gasteiger partial charge on any atom is -0.371 e. The Bertz CT molecular complexity index is 425. The van der Waals surface area contributed by atoms with E-state index in [-0.39, 0.29) is 5.91 Å². The lowest BCUT2D eigenvalue weighted by Gasteiger charge is -2.22. The summed E-state index contributed by atoms with van der Waals surface area (Å²) in [5.74, 6) is 0.00870. The van der Waals surface area contributed by atoms with Crippen LogP contribution in [0.2, 0.25) is 5.02 Å². The first-order valence-corrected chi connectivity index (χ1v) is 6.23. The van der Waals surface area contributed by atoms with Gasteiger partial charge < -0.3 is 9.80 Å². The van der Waals surface area contributed by atoms with Gasteiger partial charge in [0.05, 0.1) is 5.56 Å². The number of rotatable bonds is 2. The van der Waals surface area contributed by atoms with Gasteiger partial charge in [0.15, 0.2) is 0 Å². The van der Waals surface area contributed by atoms with Gasteiger partial charge in [0.25, 0.3) is 5.91 Å². The Balaban J connectivity index is 2.40. The monoisotopic (exact) mass is 252 g/mol. The summed E-state index contributed by atoms with van der Waals surface area (Å²) in [6, 6.07) is 5.56. The molecule has 0 aliphatic carbocycles. The minimum absolute atomic E-state index is 0.00870. The molecule has 1 aliphatic heterocycles. The molecule has 0 saturated carbocycles. The number of nitrogens with zero attached hydrogens (tertiary/aromatic N) is 2. The zero-order chi connectivity index (χ0) is 12.4. The van der Waals surface area contributed by atoms with Crippen LogP contribution < -0.4 is 4.90 Å². The maximum atomic E-state index is 12.1. The van der Waals surface area contributed by atoms with Crippen molar-refractivity contribution in [1.82, 2.24) is 4.90 Å². The summed E-state index contributed by atoms with van der Waals surface area (Å²) in [4.78, 5) is 16.0. The van der Waals surface area contributed by atoms with Crippen molar-refractivity contribution in [2.75, 3.05) is 32.1 Å². The van der Waals surface area contributed by atoms with Gasteiger partial charge in [0.2, 0.25) is 0 Å². The first-order valence-electron chi connectivity index (χ1n) is 5.86. The van der Waals surface area contributed by atoms with Crippen LogP contribution in [0.1, 0.15) is 23.2 Å². The second-order valence-electron chi connectivity index (χ2n) is 4.56. The molecular formula is C13H17ClN2O. The van der Waals surface area contributed by atoms with Crippen molar-refractivity contribution >= 4 is 23.2 Å². The number of hydrogen-bond acceptors (Lipinski definition) is 2. The van der Waals surface area contributed by atoms with Gasteiger partial charge in [0, 0.05) is 37.9 Å². The smallest absolute Gasteiger partial charge is 0.255 e. The van der Waals surface area contributed by atoms with Crippen LogP contribution in [-0.4, -0.2) is 38.0 Å². The van der Waals surface area contributed by atoms with Gasteiger partial charge in [-0.2, -0.15) is 0 Å². The second-order valence-corrected chi connectivity index (χ2v) is 4.99. The molecule has 0 bridgehead atoms. The SMILES string of the molecule is CN(C)C(=O)c1cc(Cl)ccc1N1CCCC1. The van der Waals surface area contributed by atoms with Crippen molar-refractivity contribution in [2.45, 2.75) is 12.8 Å². The highest BCUT2D eigenvalue weighted by molar-refractivity contribution is 6.31. The quantitative estimate of drug-likeness (QED) is 0.808. The summed E-state index contributed by atoms with van der Waals surface area (Å²) in [6.45, 7) is 2.05. The summed E-state index contributed by atoms with van der Waals surface area (Å²) < 4.78 is 0. The highest BCUT2D eigenvalue weighted by Crippen LogP contribution is 2.28. The van der Waals surface area contributed by atoms with E-state index in [9.17, 15) is 4.79 Å². The van der Waals surface area contributed by atoms with Crippen LogP contribution >= 0.6 is 11.6 Å². The van der Waals surface area contributed by atoms with Crippen LogP contribution in [0.3, 0.4) is 0 Å². The van der Waals surface area contributed by atoms with E-state index in [4.69, 9.17) is 11.6 Å². The van der Waals surface area contributed by atoms with Crippen molar-refractivity contribution in [2.24, 2.45) is 0 Å². The van der Waals surface area contributed by atoms with E-state index in [2.05, 4.69) is 4.90 Å². The largest absolute Gasteiger partial charge is 0.371 e. The number of hydrogen-bond donors (Lipinski definition) is 0. The molecule has 1 saturated heterocycles. The number of carbonyl (C=O) groups excluding carboxylic acids is 1. The minimum atomic E-state index is 0.00870. The molecule has 0 aromatic heterocycles. The molecule has 1 aromatic rings. The highest BCUT2D eigenvalue weighted by Gasteiger charge is 2.20.